The van der Waals surface area contributed by atoms with E-state index in [1.165, 1.54) is 13.0 Å². The summed E-state index contributed by atoms with van der Waals surface area (Å²) in [6, 6.07) is 8.29. The number of Topliss-reactive ketones (excluding diaryl/α,β-unsaturated/α-hetero) is 1. The van der Waals surface area contributed by atoms with Crippen LogP contribution in [0.3, 0.4) is 0 Å². The molecule has 1 aromatic carbocycles. The molecule has 100 valence electrons. The molecule has 0 bridgehead atoms. The number of carbonyl (C=O) groups excluding carboxylic acids is 1. The quantitative estimate of drug-likeness (QED) is 0.652. The zero-order valence-corrected chi connectivity index (χ0v) is 11.4. The number of aromatic nitrogens is 2. The number of benzene rings is 1. The van der Waals surface area contributed by atoms with E-state index < -0.39 is 0 Å². The van der Waals surface area contributed by atoms with Crippen molar-refractivity contribution in [3.8, 4) is 6.07 Å². The number of hydrogen-bond acceptors (Lipinski definition) is 7. The molecule has 7 heteroatoms. The number of hydrogen-bond donors (Lipinski definition) is 2. The topological polar surface area (TPSA) is 119 Å². The highest BCUT2D eigenvalue weighted by molar-refractivity contribution is 7.99. The maximum atomic E-state index is 11.6. The third-order valence-corrected chi connectivity index (χ3v) is 3.36. The molecule has 1 heterocycles. The Morgan fingerprint density at radius 3 is 2.45 bits per heavy atom. The lowest BCUT2D eigenvalue weighted by Crippen LogP contribution is -2.00. The molecule has 0 spiro atoms. The lowest BCUT2D eigenvalue weighted by atomic mass is 10.1. The Labute approximate surface area is 119 Å². The van der Waals surface area contributed by atoms with Crippen molar-refractivity contribution in [2.24, 2.45) is 0 Å². The van der Waals surface area contributed by atoms with Crippen molar-refractivity contribution >= 4 is 29.2 Å². The van der Waals surface area contributed by atoms with Gasteiger partial charge in [-0.25, -0.2) is 9.97 Å². The van der Waals surface area contributed by atoms with Crippen molar-refractivity contribution in [3.63, 3.8) is 0 Å². The normalized spacial score (nSPS) is 10.0. The molecule has 0 saturated carbocycles. The van der Waals surface area contributed by atoms with E-state index in [0.717, 1.165) is 11.8 Å². The molecule has 0 aliphatic rings. The molecule has 6 nitrogen and oxygen atoms in total. The minimum absolute atomic E-state index is 0.103. The van der Waals surface area contributed by atoms with Gasteiger partial charge in [0.15, 0.2) is 10.9 Å². The Hall–Kier alpha value is -2.59. The van der Waals surface area contributed by atoms with E-state index >= 15 is 0 Å². The molecule has 1 aromatic heterocycles. The molecular formula is C13H11N5OS. The average Bonchev–Trinajstić information content (AvgIpc) is 2.37. The van der Waals surface area contributed by atoms with Crippen molar-refractivity contribution < 1.29 is 4.79 Å². The Bertz CT molecular complexity index is 703. The van der Waals surface area contributed by atoms with Crippen molar-refractivity contribution in [1.29, 1.82) is 5.26 Å². The molecule has 0 atom stereocenters. The van der Waals surface area contributed by atoms with Gasteiger partial charge in [0, 0.05) is 16.5 Å². The number of ketones is 1. The lowest BCUT2D eigenvalue weighted by molar-refractivity contribution is 0.101. The van der Waals surface area contributed by atoms with Crippen LogP contribution >= 0.6 is 11.8 Å². The van der Waals surface area contributed by atoms with E-state index in [1.54, 1.807) is 18.2 Å². The summed E-state index contributed by atoms with van der Waals surface area (Å²) in [5, 5.41) is 9.26. The Morgan fingerprint density at radius 1 is 1.25 bits per heavy atom. The van der Waals surface area contributed by atoms with E-state index in [4.69, 9.17) is 16.7 Å². The van der Waals surface area contributed by atoms with Gasteiger partial charge in [0.1, 0.15) is 11.6 Å². The van der Waals surface area contributed by atoms with Crippen LogP contribution in [-0.4, -0.2) is 15.8 Å². The predicted molar refractivity (Wildman–Crippen MR) is 76.1 cm³/mol. The van der Waals surface area contributed by atoms with Crippen LogP contribution in [-0.2, 0) is 0 Å². The summed E-state index contributed by atoms with van der Waals surface area (Å²) >= 11 is 1.15. The zero-order valence-electron chi connectivity index (χ0n) is 10.6. The van der Waals surface area contributed by atoms with Gasteiger partial charge in [-0.15, -0.1) is 0 Å². The fraction of sp³-hybridized carbons (Fsp3) is 0.0769. The lowest BCUT2D eigenvalue weighted by Gasteiger charge is -2.07. The summed E-state index contributed by atoms with van der Waals surface area (Å²) in [5.74, 6) is 0.399. The first-order valence-corrected chi connectivity index (χ1v) is 6.44. The second kappa shape index (κ2) is 5.59. The standard InChI is InChI=1S/C13H11N5OS/c1-7(19)9-3-2-8(6-14)4-10(9)20-13-17-11(15)5-12(16)18-13/h2-5H,1H3,(H4,15,16,17,18). The number of anilines is 2. The molecule has 4 N–H and O–H groups in total. The van der Waals surface area contributed by atoms with E-state index in [1.807, 2.05) is 6.07 Å². The Kier molecular flexibility index (Phi) is 3.86. The number of nitrogens with two attached hydrogens (primary N) is 2. The first-order valence-electron chi connectivity index (χ1n) is 5.62. The summed E-state index contributed by atoms with van der Waals surface area (Å²) in [6.45, 7) is 1.46. The second-order valence-electron chi connectivity index (χ2n) is 3.98. The van der Waals surface area contributed by atoms with Gasteiger partial charge < -0.3 is 11.5 Å². The van der Waals surface area contributed by atoms with Gasteiger partial charge in [0.05, 0.1) is 11.6 Å². The van der Waals surface area contributed by atoms with E-state index in [9.17, 15) is 4.79 Å². The van der Waals surface area contributed by atoms with Crippen LogP contribution in [0.4, 0.5) is 11.6 Å². The van der Waals surface area contributed by atoms with Gasteiger partial charge in [-0.2, -0.15) is 5.26 Å². The summed E-state index contributed by atoms with van der Waals surface area (Å²) in [7, 11) is 0. The highest BCUT2D eigenvalue weighted by atomic mass is 32.2. The molecule has 0 saturated heterocycles. The minimum atomic E-state index is -0.103. The minimum Gasteiger partial charge on any atom is -0.383 e. The van der Waals surface area contributed by atoms with E-state index in [0.29, 0.717) is 21.2 Å². The Balaban J connectivity index is 2.46. The zero-order chi connectivity index (χ0) is 14.7. The second-order valence-corrected chi connectivity index (χ2v) is 4.99. The van der Waals surface area contributed by atoms with Crippen LogP contribution in [0, 0.1) is 11.3 Å². The predicted octanol–water partition coefficient (Wildman–Crippen LogP) is 1.87. The highest BCUT2D eigenvalue weighted by Crippen LogP contribution is 2.30. The summed E-state index contributed by atoms with van der Waals surface area (Å²) < 4.78 is 0. The summed E-state index contributed by atoms with van der Waals surface area (Å²) in [4.78, 5) is 20.3. The van der Waals surface area contributed by atoms with Gasteiger partial charge >= 0.3 is 0 Å². The number of rotatable bonds is 3. The van der Waals surface area contributed by atoms with Crippen LogP contribution in [0.1, 0.15) is 22.8 Å². The summed E-state index contributed by atoms with van der Waals surface area (Å²) in [5.41, 5.74) is 12.2. The molecule has 2 aromatic rings. The van der Waals surface area contributed by atoms with Crippen molar-refractivity contribution in [2.45, 2.75) is 17.0 Å². The fourth-order valence-corrected chi connectivity index (χ4v) is 2.58. The van der Waals surface area contributed by atoms with E-state index in [-0.39, 0.29) is 17.4 Å². The Morgan fingerprint density at radius 2 is 1.90 bits per heavy atom. The van der Waals surface area contributed by atoms with Gasteiger partial charge in [0.2, 0.25) is 0 Å². The number of nitriles is 1. The number of carbonyl (C=O) groups is 1. The van der Waals surface area contributed by atoms with Gasteiger partial charge in [-0.3, -0.25) is 4.79 Å². The SMILES string of the molecule is CC(=O)c1ccc(C#N)cc1Sc1nc(N)cc(N)n1. The van der Waals surface area contributed by atoms with Crippen LogP contribution in [0.15, 0.2) is 34.3 Å². The third-order valence-electron chi connectivity index (χ3n) is 2.44. The molecule has 20 heavy (non-hydrogen) atoms. The number of nitrogens with zero attached hydrogens (tertiary/aromatic N) is 3. The first-order chi connectivity index (χ1) is 9.49. The van der Waals surface area contributed by atoms with E-state index in [2.05, 4.69) is 9.97 Å². The van der Waals surface area contributed by atoms with Crippen LogP contribution in [0.25, 0.3) is 0 Å². The molecule has 0 radical (unpaired) electrons. The molecule has 0 unspecified atom stereocenters. The first kappa shape index (κ1) is 13.8. The van der Waals surface area contributed by atoms with Crippen LogP contribution in [0.2, 0.25) is 0 Å². The average molecular weight is 285 g/mol. The van der Waals surface area contributed by atoms with Crippen molar-refractivity contribution in [3.05, 3.63) is 35.4 Å². The number of nitrogen functional groups attached to an aromatic ring is 2. The maximum Gasteiger partial charge on any atom is 0.196 e. The van der Waals surface area contributed by atoms with Crippen LogP contribution in [0.5, 0.6) is 0 Å². The molecule has 2 rings (SSSR count). The van der Waals surface area contributed by atoms with Crippen LogP contribution < -0.4 is 11.5 Å². The maximum absolute atomic E-state index is 11.6. The third kappa shape index (κ3) is 3.05. The monoisotopic (exact) mass is 285 g/mol. The highest BCUT2D eigenvalue weighted by Gasteiger charge is 2.12. The molecule has 0 fully saturated rings. The van der Waals surface area contributed by atoms with Crippen molar-refractivity contribution in [1.82, 2.24) is 9.97 Å². The fourth-order valence-electron chi connectivity index (χ4n) is 1.57. The van der Waals surface area contributed by atoms with Gasteiger partial charge in [0.25, 0.3) is 0 Å². The molecular weight excluding hydrogens is 274 g/mol. The summed E-state index contributed by atoms with van der Waals surface area (Å²) in [6.07, 6.45) is 0. The molecule has 0 amide bonds. The van der Waals surface area contributed by atoms with Crippen molar-refractivity contribution in [2.75, 3.05) is 11.5 Å². The largest absolute Gasteiger partial charge is 0.383 e. The smallest absolute Gasteiger partial charge is 0.196 e. The van der Waals surface area contributed by atoms with Gasteiger partial charge in [-0.05, 0) is 36.9 Å². The molecule has 0 aliphatic heterocycles. The molecule has 0 aliphatic carbocycles. The van der Waals surface area contributed by atoms with Gasteiger partial charge in [-0.1, -0.05) is 0 Å².